The average molecular weight is 397 g/mol. The summed E-state index contributed by atoms with van der Waals surface area (Å²) >= 11 is 0. The summed E-state index contributed by atoms with van der Waals surface area (Å²) in [5.41, 5.74) is 1.14. The van der Waals surface area contributed by atoms with Crippen LogP contribution in [0.15, 0.2) is 36.7 Å². The molecule has 2 amide bonds. The topological polar surface area (TPSA) is 87.2 Å². The molecule has 0 bridgehead atoms. The summed E-state index contributed by atoms with van der Waals surface area (Å²) in [6, 6.07) is 5.86. The molecule has 2 aliphatic heterocycles. The highest BCUT2D eigenvalue weighted by Gasteiger charge is 2.39. The number of hydrogen-bond donors (Lipinski definition) is 2. The summed E-state index contributed by atoms with van der Waals surface area (Å²) in [6.45, 7) is 3.58. The fraction of sp³-hybridized carbons (Fsp3) is 0.429. The van der Waals surface area contributed by atoms with Gasteiger partial charge in [-0.2, -0.15) is 0 Å². The van der Waals surface area contributed by atoms with Crippen LogP contribution in [-0.4, -0.2) is 52.9 Å². The number of nitrogens with zero attached hydrogens (tertiary/aromatic N) is 3. The molecule has 3 heterocycles. The second-order valence-corrected chi connectivity index (χ2v) is 7.78. The molecule has 2 saturated heterocycles. The largest absolute Gasteiger partial charge is 0.347 e. The van der Waals surface area contributed by atoms with Crippen LogP contribution in [0.1, 0.15) is 45.8 Å². The third-order valence-corrected chi connectivity index (χ3v) is 5.93. The lowest BCUT2D eigenvalue weighted by atomic mass is 9.78. The maximum absolute atomic E-state index is 13.0. The van der Waals surface area contributed by atoms with Crippen LogP contribution in [-0.2, 0) is 6.54 Å². The highest BCUT2D eigenvalue weighted by Crippen LogP contribution is 2.37. The van der Waals surface area contributed by atoms with Crippen molar-refractivity contribution in [3.63, 3.8) is 0 Å². The van der Waals surface area contributed by atoms with E-state index in [1.165, 1.54) is 24.5 Å². The van der Waals surface area contributed by atoms with Gasteiger partial charge < -0.3 is 15.5 Å². The van der Waals surface area contributed by atoms with Crippen LogP contribution in [0.3, 0.4) is 0 Å². The molecular formula is C21H24FN5O2. The number of nitrogens with one attached hydrogen (secondary N) is 2. The van der Waals surface area contributed by atoms with Crippen molar-refractivity contribution in [3.8, 4) is 0 Å². The molecule has 2 fully saturated rings. The summed E-state index contributed by atoms with van der Waals surface area (Å²) in [5.74, 6) is -1.07. The summed E-state index contributed by atoms with van der Waals surface area (Å²) in [5, 5.41) is 6.14. The van der Waals surface area contributed by atoms with Crippen LogP contribution in [0.2, 0.25) is 0 Å². The molecule has 2 N–H and O–H groups in total. The van der Waals surface area contributed by atoms with Crippen LogP contribution in [0, 0.1) is 11.2 Å². The molecule has 0 atom stereocenters. The van der Waals surface area contributed by atoms with E-state index in [4.69, 9.17) is 0 Å². The van der Waals surface area contributed by atoms with E-state index >= 15 is 0 Å². The van der Waals surface area contributed by atoms with Gasteiger partial charge in [0.25, 0.3) is 11.8 Å². The van der Waals surface area contributed by atoms with Gasteiger partial charge in [-0.05, 0) is 48.9 Å². The van der Waals surface area contributed by atoms with Gasteiger partial charge in [-0.3, -0.25) is 9.59 Å². The Morgan fingerprint density at radius 2 is 1.76 bits per heavy atom. The SMILES string of the molecule is O=C(NCc1ccc(F)cc1)c1nccnc1C(=O)N1CCC2(CCNC2)CC1. The van der Waals surface area contributed by atoms with Crippen molar-refractivity contribution in [2.45, 2.75) is 25.8 Å². The minimum Gasteiger partial charge on any atom is -0.347 e. The number of piperidine rings is 1. The predicted molar refractivity (Wildman–Crippen MR) is 105 cm³/mol. The lowest BCUT2D eigenvalue weighted by molar-refractivity contribution is 0.0597. The van der Waals surface area contributed by atoms with E-state index in [9.17, 15) is 14.0 Å². The number of aromatic nitrogens is 2. The molecule has 1 spiro atoms. The van der Waals surface area contributed by atoms with Gasteiger partial charge in [0.15, 0.2) is 11.4 Å². The molecule has 4 rings (SSSR count). The molecule has 29 heavy (non-hydrogen) atoms. The molecule has 0 aliphatic carbocycles. The van der Waals surface area contributed by atoms with Crippen LogP contribution in [0.5, 0.6) is 0 Å². The predicted octanol–water partition coefficient (Wildman–Crippen LogP) is 1.76. The van der Waals surface area contributed by atoms with Gasteiger partial charge in [-0.1, -0.05) is 12.1 Å². The van der Waals surface area contributed by atoms with E-state index < -0.39 is 5.91 Å². The fourth-order valence-electron chi connectivity index (χ4n) is 4.09. The number of likely N-dealkylation sites (tertiary alicyclic amines) is 1. The maximum atomic E-state index is 13.0. The third kappa shape index (κ3) is 4.27. The molecule has 2 aliphatic rings. The standard InChI is InChI=1S/C21H24FN5O2/c22-16-3-1-15(2-4-16)13-26-19(28)17-18(25-10-9-24-17)20(29)27-11-6-21(7-12-27)5-8-23-14-21/h1-4,9-10,23H,5-8,11-14H2,(H,26,28). The Balaban J connectivity index is 1.42. The molecule has 2 aromatic rings. The third-order valence-electron chi connectivity index (χ3n) is 5.93. The van der Waals surface area contributed by atoms with Gasteiger partial charge >= 0.3 is 0 Å². The average Bonchev–Trinajstić information content (AvgIpc) is 3.21. The number of rotatable bonds is 4. The first-order valence-electron chi connectivity index (χ1n) is 9.90. The molecule has 0 unspecified atom stereocenters. The Morgan fingerprint density at radius 3 is 2.41 bits per heavy atom. The molecular weight excluding hydrogens is 373 g/mol. The highest BCUT2D eigenvalue weighted by molar-refractivity contribution is 6.04. The lowest BCUT2D eigenvalue weighted by Gasteiger charge is -2.38. The van der Waals surface area contributed by atoms with E-state index in [0.717, 1.165) is 37.9 Å². The smallest absolute Gasteiger partial charge is 0.274 e. The zero-order valence-corrected chi connectivity index (χ0v) is 16.2. The minimum absolute atomic E-state index is 0.0161. The monoisotopic (exact) mass is 397 g/mol. The van der Waals surface area contributed by atoms with Crippen molar-refractivity contribution in [1.82, 2.24) is 25.5 Å². The van der Waals surface area contributed by atoms with E-state index in [1.807, 2.05) is 0 Å². The summed E-state index contributed by atoms with van der Waals surface area (Å²) in [7, 11) is 0. The molecule has 1 aromatic carbocycles. The first-order chi connectivity index (χ1) is 14.1. The van der Waals surface area contributed by atoms with Gasteiger partial charge in [0.1, 0.15) is 5.82 Å². The number of halogens is 1. The van der Waals surface area contributed by atoms with Crippen molar-refractivity contribution < 1.29 is 14.0 Å². The van der Waals surface area contributed by atoms with Gasteiger partial charge in [0, 0.05) is 38.6 Å². The van der Waals surface area contributed by atoms with Crippen LogP contribution in [0.4, 0.5) is 4.39 Å². The molecule has 0 radical (unpaired) electrons. The van der Waals surface area contributed by atoms with Crippen LogP contribution < -0.4 is 10.6 Å². The normalized spacial score (nSPS) is 18.0. The van der Waals surface area contributed by atoms with Crippen LogP contribution in [0.25, 0.3) is 0 Å². The fourth-order valence-corrected chi connectivity index (χ4v) is 4.09. The number of carbonyl (C=O) groups is 2. The number of amides is 2. The Labute approximate surface area is 168 Å². The Bertz CT molecular complexity index is 886. The van der Waals surface area contributed by atoms with E-state index in [2.05, 4.69) is 20.6 Å². The van der Waals surface area contributed by atoms with Gasteiger partial charge in [0.05, 0.1) is 0 Å². The van der Waals surface area contributed by atoms with Crippen molar-refractivity contribution in [1.29, 1.82) is 0 Å². The zero-order valence-electron chi connectivity index (χ0n) is 16.2. The number of benzene rings is 1. The van der Waals surface area contributed by atoms with Gasteiger partial charge in [-0.25, -0.2) is 14.4 Å². The molecule has 152 valence electrons. The van der Waals surface area contributed by atoms with E-state index in [-0.39, 0.29) is 29.7 Å². The number of hydrogen-bond acceptors (Lipinski definition) is 5. The highest BCUT2D eigenvalue weighted by atomic mass is 19.1. The summed E-state index contributed by atoms with van der Waals surface area (Å²) in [4.78, 5) is 35.7. The zero-order chi connectivity index (χ0) is 20.3. The summed E-state index contributed by atoms with van der Waals surface area (Å²) in [6.07, 6.45) is 5.89. The van der Waals surface area contributed by atoms with Crippen molar-refractivity contribution in [2.24, 2.45) is 5.41 Å². The lowest BCUT2D eigenvalue weighted by Crippen LogP contribution is -2.44. The maximum Gasteiger partial charge on any atom is 0.274 e. The van der Waals surface area contributed by atoms with Crippen LogP contribution >= 0.6 is 0 Å². The Kier molecular flexibility index (Phi) is 5.53. The Hall–Kier alpha value is -2.87. The molecule has 7 nitrogen and oxygen atoms in total. The van der Waals surface area contributed by atoms with Crippen molar-refractivity contribution in [2.75, 3.05) is 26.2 Å². The van der Waals surface area contributed by atoms with Crippen molar-refractivity contribution in [3.05, 3.63) is 59.4 Å². The first-order valence-corrected chi connectivity index (χ1v) is 9.90. The Morgan fingerprint density at radius 1 is 1.07 bits per heavy atom. The van der Waals surface area contributed by atoms with E-state index in [1.54, 1.807) is 17.0 Å². The molecule has 0 saturated carbocycles. The number of carbonyl (C=O) groups excluding carboxylic acids is 2. The second-order valence-electron chi connectivity index (χ2n) is 7.78. The van der Waals surface area contributed by atoms with E-state index in [0.29, 0.717) is 18.5 Å². The summed E-state index contributed by atoms with van der Waals surface area (Å²) < 4.78 is 13.0. The minimum atomic E-state index is -0.473. The van der Waals surface area contributed by atoms with Gasteiger partial charge in [0.2, 0.25) is 0 Å². The quantitative estimate of drug-likeness (QED) is 0.821. The second kappa shape index (κ2) is 8.24. The molecule has 1 aromatic heterocycles. The first kappa shape index (κ1) is 19.4. The molecule has 8 heteroatoms. The van der Waals surface area contributed by atoms with Gasteiger partial charge in [-0.15, -0.1) is 0 Å². The van der Waals surface area contributed by atoms with Crippen molar-refractivity contribution >= 4 is 11.8 Å².